The predicted octanol–water partition coefficient (Wildman–Crippen LogP) is 4.57. The van der Waals surface area contributed by atoms with Crippen molar-refractivity contribution in [1.82, 2.24) is 0 Å². The molecule has 1 aromatic carbocycles. The topological polar surface area (TPSA) is 29.3 Å². The summed E-state index contributed by atoms with van der Waals surface area (Å²) in [6.07, 6.45) is 1.41. The SMILES string of the molecule is CCC(N)Cc1c(F)cccc1N(C)Cc1cc(Br)cs1. The molecular weight excluding hydrogens is 351 g/mol. The number of nitrogens with two attached hydrogens (primary N) is 1. The number of halogens is 2. The fourth-order valence-electron chi connectivity index (χ4n) is 2.27. The highest BCUT2D eigenvalue weighted by Crippen LogP contribution is 2.27. The molecule has 21 heavy (non-hydrogen) atoms. The minimum absolute atomic E-state index is 0.00932. The van der Waals surface area contributed by atoms with Gasteiger partial charge in [-0.15, -0.1) is 11.3 Å². The highest BCUT2D eigenvalue weighted by atomic mass is 79.9. The Morgan fingerprint density at radius 2 is 2.19 bits per heavy atom. The number of hydrogen-bond acceptors (Lipinski definition) is 3. The van der Waals surface area contributed by atoms with E-state index in [0.717, 1.165) is 23.1 Å². The molecule has 1 heterocycles. The number of anilines is 1. The lowest BCUT2D eigenvalue weighted by atomic mass is 10.0. The molecular formula is C16H20BrFN2S. The van der Waals surface area contributed by atoms with Gasteiger partial charge in [0.1, 0.15) is 5.82 Å². The molecule has 2 N–H and O–H groups in total. The van der Waals surface area contributed by atoms with Crippen molar-refractivity contribution in [2.75, 3.05) is 11.9 Å². The van der Waals surface area contributed by atoms with Crippen molar-refractivity contribution in [3.05, 3.63) is 50.4 Å². The van der Waals surface area contributed by atoms with Crippen LogP contribution in [0.3, 0.4) is 0 Å². The van der Waals surface area contributed by atoms with Crippen LogP contribution in [0.4, 0.5) is 10.1 Å². The van der Waals surface area contributed by atoms with Gasteiger partial charge in [-0.1, -0.05) is 13.0 Å². The van der Waals surface area contributed by atoms with Gasteiger partial charge < -0.3 is 10.6 Å². The van der Waals surface area contributed by atoms with Gasteiger partial charge in [-0.25, -0.2) is 4.39 Å². The summed E-state index contributed by atoms with van der Waals surface area (Å²) in [7, 11) is 1.99. The van der Waals surface area contributed by atoms with E-state index in [1.165, 1.54) is 10.9 Å². The van der Waals surface area contributed by atoms with Crippen molar-refractivity contribution in [3.8, 4) is 0 Å². The molecule has 0 aliphatic heterocycles. The largest absolute Gasteiger partial charge is 0.369 e. The average molecular weight is 371 g/mol. The van der Waals surface area contributed by atoms with Gasteiger partial charge in [0.05, 0.1) is 6.54 Å². The van der Waals surface area contributed by atoms with Crippen LogP contribution in [-0.2, 0) is 13.0 Å². The first-order chi connectivity index (χ1) is 10.0. The van der Waals surface area contributed by atoms with Gasteiger partial charge in [-0.05, 0) is 47.0 Å². The van der Waals surface area contributed by atoms with Crippen LogP contribution in [-0.4, -0.2) is 13.1 Å². The standard InChI is InChI=1S/C16H20BrFN2S/c1-3-12(19)8-14-15(18)5-4-6-16(14)20(2)9-13-7-11(17)10-21-13/h4-7,10,12H,3,8-9,19H2,1-2H3. The Balaban J connectivity index is 2.23. The first kappa shape index (κ1) is 16.5. The fraction of sp³-hybridized carbons (Fsp3) is 0.375. The van der Waals surface area contributed by atoms with E-state index in [2.05, 4.69) is 32.3 Å². The zero-order valence-corrected chi connectivity index (χ0v) is 14.7. The van der Waals surface area contributed by atoms with Crippen molar-refractivity contribution in [2.24, 2.45) is 5.73 Å². The molecule has 5 heteroatoms. The van der Waals surface area contributed by atoms with Gasteiger partial charge in [0.25, 0.3) is 0 Å². The summed E-state index contributed by atoms with van der Waals surface area (Å²) >= 11 is 5.16. The van der Waals surface area contributed by atoms with Crippen LogP contribution in [0.25, 0.3) is 0 Å². The summed E-state index contributed by atoms with van der Waals surface area (Å²) in [6.45, 7) is 2.78. The normalized spacial score (nSPS) is 12.4. The van der Waals surface area contributed by atoms with Crippen LogP contribution >= 0.6 is 27.3 Å². The molecule has 2 rings (SSSR count). The summed E-state index contributed by atoms with van der Waals surface area (Å²) in [5.74, 6) is -0.171. The van der Waals surface area contributed by atoms with Crippen molar-refractivity contribution >= 4 is 33.0 Å². The molecule has 2 aromatic rings. The van der Waals surface area contributed by atoms with E-state index in [1.54, 1.807) is 17.4 Å². The summed E-state index contributed by atoms with van der Waals surface area (Å²) < 4.78 is 15.2. The molecule has 1 unspecified atom stereocenters. The van der Waals surface area contributed by atoms with Crippen LogP contribution < -0.4 is 10.6 Å². The molecule has 1 aromatic heterocycles. The van der Waals surface area contributed by atoms with E-state index in [4.69, 9.17) is 5.73 Å². The maximum Gasteiger partial charge on any atom is 0.128 e. The smallest absolute Gasteiger partial charge is 0.128 e. The second-order valence-corrected chi connectivity index (χ2v) is 7.11. The van der Waals surface area contributed by atoms with Crippen molar-refractivity contribution < 1.29 is 4.39 Å². The van der Waals surface area contributed by atoms with Crippen LogP contribution in [0, 0.1) is 5.82 Å². The Labute approximate surface area is 137 Å². The quantitative estimate of drug-likeness (QED) is 0.806. The second-order valence-electron chi connectivity index (χ2n) is 5.20. The number of rotatable bonds is 6. The molecule has 0 radical (unpaired) electrons. The number of nitrogens with zero attached hydrogens (tertiary/aromatic N) is 1. The Hall–Kier alpha value is -0.910. The van der Waals surface area contributed by atoms with Gasteiger partial charge in [-0.3, -0.25) is 0 Å². The molecule has 0 bridgehead atoms. The maximum atomic E-state index is 14.2. The Morgan fingerprint density at radius 1 is 1.43 bits per heavy atom. The van der Waals surface area contributed by atoms with Crippen molar-refractivity contribution in [1.29, 1.82) is 0 Å². The number of hydrogen-bond donors (Lipinski definition) is 1. The van der Waals surface area contributed by atoms with Gasteiger partial charge in [0, 0.05) is 39.1 Å². The van der Waals surface area contributed by atoms with Gasteiger partial charge >= 0.3 is 0 Å². The van der Waals surface area contributed by atoms with Gasteiger partial charge in [-0.2, -0.15) is 0 Å². The van der Waals surface area contributed by atoms with E-state index >= 15 is 0 Å². The van der Waals surface area contributed by atoms with E-state index in [9.17, 15) is 4.39 Å². The van der Waals surface area contributed by atoms with E-state index in [1.807, 2.05) is 20.0 Å². The van der Waals surface area contributed by atoms with E-state index in [0.29, 0.717) is 12.0 Å². The molecule has 2 nitrogen and oxygen atoms in total. The summed E-state index contributed by atoms with van der Waals surface area (Å²) in [4.78, 5) is 3.32. The molecule has 0 aliphatic carbocycles. The molecule has 0 saturated heterocycles. The third-order valence-corrected chi connectivity index (χ3v) is 5.19. The third kappa shape index (κ3) is 4.28. The second kappa shape index (κ2) is 7.38. The minimum atomic E-state index is -0.171. The minimum Gasteiger partial charge on any atom is -0.369 e. The Bertz CT molecular complexity index is 600. The molecule has 0 saturated carbocycles. The van der Waals surface area contributed by atoms with E-state index < -0.39 is 0 Å². The summed E-state index contributed by atoms with van der Waals surface area (Å²) in [5.41, 5.74) is 7.64. The van der Waals surface area contributed by atoms with Gasteiger partial charge in [0.15, 0.2) is 0 Å². The number of benzene rings is 1. The summed E-state index contributed by atoms with van der Waals surface area (Å²) in [6, 6.07) is 7.31. The lowest BCUT2D eigenvalue weighted by Gasteiger charge is -2.23. The molecule has 1 atom stereocenters. The molecule has 0 fully saturated rings. The highest BCUT2D eigenvalue weighted by Gasteiger charge is 2.15. The fourth-order valence-corrected chi connectivity index (χ4v) is 3.77. The van der Waals surface area contributed by atoms with Crippen LogP contribution in [0.15, 0.2) is 34.1 Å². The zero-order valence-electron chi connectivity index (χ0n) is 12.3. The van der Waals surface area contributed by atoms with Crippen molar-refractivity contribution in [2.45, 2.75) is 32.4 Å². The maximum absolute atomic E-state index is 14.2. The summed E-state index contributed by atoms with van der Waals surface area (Å²) in [5, 5.41) is 2.06. The zero-order chi connectivity index (χ0) is 15.4. The van der Waals surface area contributed by atoms with Crippen LogP contribution in [0.5, 0.6) is 0 Å². The first-order valence-corrected chi connectivity index (χ1v) is 8.65. The van der Waals surface area contributed by atoms with Crippen LogP contribution in [0.2, 0.25) is 0 Å². The molecule has 0 spiro atoms. The van der Waals surface area contributed by atoms with Gasteiger partial charge in [0.2, 0.25) is 0 Å². The predicted molar refractivity (Wildman–Crippen MR) is 92.5 cm³/mol. The number of thiophene rings is 1. The highest BCUT2D eigenvalue weighted by molar-refractivity contribution is 9.10. The van der Waals surface area contributed by atoms with Crippen molar-refractivity contribution in [3.63, 3.8) is 0 Å². The first-order valence-electron chi connectivity index (χ1n) is 6.98. The lowest BCUT2D eigenvalue weighted by Crippen LogP contribution is -2.25. The molecule has 0 amide bonds. The molecule has 0 aliphatic rings. The Kier molecular flexibility index (Phi) is 5.79. The third-order valence-electron chi connectivity index (χ3n) is 3.51. The molecule has 114 valence electrons. The van der Waals surface area contributed by atoms with E-state index in [-0.39, 0.29) is 11.9 Å². The van der Waals surface area contributed by atoms with Crippen LogP contribution in [0.1, 0.15) is 23.8 Å². The Morgan fingerprint density at radius 3 is 2.81 bits per heavy atom. The lowest BCUT2D eigenvalue weighted by molar-refractivity contribution is 0.578. The average Bonchev–Trinajstić information content (AvgIpc) is 2.86. The monoisotopic (exact) mass is 370 g/mol.